The molecule has 1 heterocycles. The van der Waals surface area contributed by atoms with E-state index in [1.54, 1.807) is 0 Å². The first kappa shape index (κ1) is 17.8. The lowest BCUT2D eigenvalue weighted by molar-refractivity contribution is 0.0936. The van der Waals surface area contributed by atoms with Gasteiger partial charge in [-0.1, -0.05) is 43.8 Å². The van der Waals surface area contributed by atoms with Crippen molar-refractivity contribution in [1.29, 1.82) is 0 Å². The summed E-state index contributed by atoms with van der Waals surface area (Å²) in [7, 11) is 0. The van der Waals surface area contributed by atoms with Gasteiger partial charge >= 0.3 is 0 Å². The highest BCUT2D eigenvalue weighted by atomic mass is 16.1. The van der Waals surface area contributed by atoms with Crippen LogP contribution in [0.3, 0.4) is 0 Å². The predicted octanol–water partition coefficient (Wildman–Crippen LogP) is 3.26. The van der Waals surface area contributed by atoms with Crippen LogP contribution < -0.4 is 11.1 Å². The van der Waals surface area contributed by atoms with Gasteiger partial charge in [0.15, 0.2) is 5.82 Å². The van der Waals surface area contributed by atoms with Gasteiger partial charge in [0, 0.05) is 12.2 Å². The van der Waals surface area contributed by atoms with Gasteiger partial charge < -0.3 is 11.1 Å². The van der Waals surface area contributed by atoms with Crippen LogP contribution >= 0.6 is 0 Å². The molecule has 0 aliphatic rings. The molecule has 2 unspecified atom stereocenters. The van der Waals surface area contributed by atoms with Gasteiger partial charge in [-0.25, -0.2) is 4.68 Å². The average Bonchev–Trinajstić information content (AvgIpc) is 2.81. The van der Waals surface area contributed by atoms with Gasteiger partial charge in [-0.05, 0) is 38.2 Å². The van der Waals surface area contributed by atoms with Gasteiger partial charge in [0.05, 0.1) is 5.69 Å². The molecule has 0 bridgehead atoms. The zero-order valence-electron chi connectivity index (χ0n) is 14.6. The second kappa shape index (κ2) is 7.81. The molecule has 128 valence electrons. The van der Waals surface area contributed by atoms with Crippen LogP contribution in [0, 0.1) is 12.8 Å². The average molecular weight is 326 g/mol. The van der Waals surface area contributed by atoms with Crippen molar-refractivity contribution in [3.05, 3.63) is 53.7 Å². The Morgan fingerprint density at radius 3 is 2.62 bits per heavy atom. The summed E-state index contributed by atoms with van der Waals surface area (Å²) in [5.74, 6) is 0.518. The third kappa shape index (κ3) is 4.25. The number of nitrogens with two attached hydrogens (primary N) is 1. The molecule has 0 saturated heterocycles. The Labute approximate surface area is 143 Å². The lowest BCUT2D eigenvalue weighted by Gasteiger charge is -2.19. The number of benzene rings is 1. The number of carbonyl (C=O) groups excluding carboxylic acids is 1. The molecular formula is C19H26N4O. The Hall–Kier alpha value is -2.56. The van der Waals surface area contributed by atoms with Gasteiger partial charge in [-0.15, -0.1) is 0 Å². The minimum absolute atomic E-state index is 0.0575. The van der Waals surface area contributed by atoms with E-state index in [4.69, 9.17) is 5.73 Å². The fourth-order valence-corrected chi connectivity index (χ4v) is 3.06. The second-order valence-corrected chi connectivity index (χ2v) is 6.38. The van der Waals surface area contributed by atoms with Crippen LogP contribution in [0.5, 0.6) is 0 Å². The van der Waals surface area contributed by atoms with E-state index in [9.17, 15) is 4.79 Å². The minimum Gasteiger partial charge on any atom is -0.382 e. The molecule has 5 nitrogen and oxygen atoms in total. The molecule has 3 N–H and O–H groups in total. The number of hydrogen-bond donors (Lipinski definition) is 2. The SMILES string of the molecule is C=Cn1nc(N)c(C(=O)NC(C)CC(C)Cc2ccccc2)c1C. The van der Waals surface area contributed by atoms with Crippen molar-refractivity contribution in [2.24, 2.45) is 5.92 Å². The normalized spacial score (nSPS) is 13.3. The number of nitrogens with one attached hydrogen (secondary N) is 1. The van der Waals surface area contributed by atoms with Crippen molar-refractivity contribution in [2.45, 2.75) is 39.7 Å². The van der Waals surface area contributed by atoms with Crippen LogP contribution in [0.15, 0.2) is 36.9 Å². The van der Waals surface area contributed by atoms with E-state index in [-0.39, 0.29) is 17.8 Å². The standard InChI is InChI=1S/C19H26N4O/c1-5-23-15(4)17(18(20)22-23)19(24)21-14(3)11-13(2)12-16-9-7-6-8-10-16/h5-10,13-14H,1,11-12H2,2-4H3,(H2,20,22)(H,21,24). The number of anilines is 1. The Morgan fingerprint density at radius 2 is 2.04 bits per heavy atom. The van der Waals surface area contributed by atoms with E-state index in [0.29, 0.717) is 17.2 Å². The number of rotatable bonds is 7. The van der Waals surface area contributed by atoms with Crippen molar-refractivity contribution in [1.82, 2.24) is 15.1 Å². The first-order chi connectivity index (χ1) is 11.4. The Balaban J connectivity index is 1.94. The summed E-state index contributed by atoms with van der Waals surface area (Å²) < 4.78 is 1.52. The molecule has 1 aromatic heterocycles. The maximum Gasteiger partial charge on any atom is 0.257 e. The van der Waals surface area contributed by atoms with Crippen molar-refractivity contribution in [2.75, 3.05) is 5.73 Å². The number of aromatic nitrogens is 2. The summed E-state index contributed by atoms with van der Waals surface area (Å²) in [4.78, 5) is 12.5. The third-order valence-corrected chi connectivity index (χ3v) is 4.14. The summed E-state index contributed by atoms with van der Waals surface area (Å²) >= 11 is 0. The second-order valence-electron chi connectivity index (χ2n) is 6.38. The van der Waals surface area contributed by atoms with E-state index >= 15 is 0 Å². The van der Waals surface area contributed by atoms with Gasteiger partial charge in [-0.2, -0.15) is 5.10 Å². The zero-order valence-corrected chi connectivity index (χ0v) is 14.6. The van der Waals surface area contributed by atoms with E-state index in [1.807, 2.05) is 19.9 Å². The number of nitrogens with zero attached hydrogens (tertiary/aromatic N) is 2. The molecule has 0 fully saturated rings. The molecule has 0 aliphatic heterocycles. The van der Waals surface area contributed by atoms with Crippen LogP contribution in [-0.4, -0.2) is 21.7 Å². The molecular weight excluding hydrogens is 300 g/mol. The van der Waals surface area contributed by atoms with Gasteiger partial charge in [0.1, 0.15) is 5.56 Å². The molecule has 0 radical (unpaired) electrons. The monoisotopic (exact) mass is 326 g/mol. The maximum atomic E-state index is 12.5. The summed E-state index contributed by atoms with van der Waals surface area (Å²) in [6.45, 7) is 9.68. The molecule has 0 saturated carbocycles. The molecule has 24 heavy (non-hydrogen) atoms. The van der Waals surface area contributed by atoms with Crippen LogP contribution in [0.4, 0.5) is 5.82 Å². The van der Waals surface area contributed by atoms with Gasteiger partial charge in [0.25, 0.3) is 5.91 Å². The lowest BCUT2D eigenvalue weighted by Crippen LogP contribution is -2.34. The van der Waals surface area contributed by atoms with Crippen LogP contribution in [0.2, 0.25) is 0 Å². The summed E-state index contributed by atoms with van der Waals surface area (Å²) in [5, 5.41) is 7.11. The molecule has 2 atom stereocenters. The van der Waals surface area contributed by atoms with E-state index in [1.165, 1.54) is 16.4 Å². The van der Waals surface area contributed by atoms with E-state index in [0.717, 1.165) is 12.8 Å². The molecule has 2 aromatic rings. The first-order valence-electron chi connectivity index (χ1n) is 8.24. The fraction of sp³-hybridized carbons (Fsp3) is 0.368. The van der Waals surface area contributed by atoms with Crippen molar-refractivity contribution < 1.29 is 4.79 Å². The fourth-order valence-electron chi connectivity index (χ4n) is 3.06. The van der Waals surface area contributed by atoms with Gasteiger partial charge in [0.2, 0.25) is 0 Å². The van der Waals surface area contributed by atoms with Crippen molar-refractivity contribution in [3.8, 4) is 0 Å². The molecule has 2 rings (SSSR count). The zero-order chi connectivity index (χ0) is 17.7. The Kier molecular flexibility index (Phi) is 5.79. The third-order valence-electron chi connectivity index (χ3n) is 4.14. The maximum absolute atomic E-state index is 12.5. The van der Waals surface area contributed by atoms with Crippen molar-refractivity contribution >= 4 is 17.9 Å². The lowest BCUT2D eigenvalue weighted by atomic mass is 9.95. The number of amides is 1. The quantitative estimate of drug-likeness (QED) is 0.820. The van der Waals surface area contributed by atoms with E-state index < -0.39 is 0 Å². The van der Waals surface area contributed by atoms with Crippen LogP contribution in [0.25, 0.3) is 6.20 Å². The van der Waals surface area contributed by atoms with E-state index in [2.05, 4.69) is 48.2 Å². The molecule has 0 spiro atoms. The molecule has 1 aromatic carbocycles. The first-order valence-corrected chi connectivity index (χ1v) is 8.24. The number of nitrogen functional groups attached to an aromatic ring is 1. The minimum atomic E-state index is -0.183. The van der Waals surface area contributed by atoms with Crippen LogP contribution in [-0.2, 0) is 6.42 Å². The largest absolute Gasteiger partial charge is 0.382 e. The van der Waals surface area contributed by atoms with Crippen molar-refractivity contribution in [3.63, 3.8) is 0 Å². The Bertz CT molecular complexity index is 706. The number of carbonyl (C=O) groups is 1. The predicted molar refractivity (Wildman–Crippen MR) is 98.6 cm³/mol. The molecule has 1 amide bonds. The van der Waals surface area contributed by atoms with Gasteiger partial charge in [-0.3, -0.25) is 4.79 Å². The highest BCUT2D eigenvalue weighted by Crippen LogP contribution is 2.18. The summed E-state index contributed by atoms with van der Waals surface area (Å²) in [6, 6.07) is 10.4. The highest BCUT2D eigenvalue weighted by molar-refractivity contribution is 5.99. The summed E-state index contributed by atoms with van der Waals surface area (Å²) in [6.07, 6.45) is 3.43. The summed E-state index contributed by atoms with van der Waals surface area (Å²) in [5.41, 5.74) is 8.30. The molecule has 5 heteroatoms. The smallest absolute Gasteiger partial charge is 0.257 e. The van der Waals surface area contributed by atoms with Crippen LogP contribution in [0.1, 0.15) is 41.9 Å². The highest BCUT2D eigenvalue weighted by Gasteiger charge is 2.20. The molecule has 0 aliphatic carbocycles. The topological polar surface area (TPSA) is 72.9 Å². The Morgan fingerprint density at radius 1 is 1.38 bits per heavy atom. The number of hydrogen-bond acceptors (Lipinski definition) is 3.